The van der Waals surface area contributed by atoms with Crippen molar-refractivity contribution < 1.29 is 9.59 Å². The van der Waals surface area contributed by atoms with Gasteiger partial charge in [0.2, 0.25) is 0 Å². The second kappa shape index (κ2) is 6.93. The third-order valence-corrected chi connectivity index (χ3v) is 4.46. The van der Waals surface area contributed by atoms with Gasteiger partial charge in [-0.3, -0.25) is 9.59 Å². The van der Waals surface area contributed by atoms with Crippen molar-refractivity contribution in [1.29, 1.82) is 0 Å². The van der Waals surface area contributed by atoms with Crippen molar-refractivity contribution in [3.63, 3.8) is 0 Å². The zero-order chi connectivity index (χ0) is 16.3. The maximum absolute atomic E-state index is 12.2. The molecule has 0 aliphatic carbocycles. The number of Topliss-reactive ketones (excluding diaryl/α,β-unsaturated/α-hetero) is 1. The third kappa shape index (κ3) is 3.75. The molecule has 1 rings (SSSR count). The molecule has 0 saturated heterocycles. The zero-order valence-corrected chi connectivity index (χ0v) is 14.2. The number of carbonyl (C=O) groups is 2. The summed E-state index contributed by atoms with van der Waals surface area (Å²) < 4.78 is 0. The molecule has 21 heavy (non-hydrogen) atoms. The van der Waals surface area contributed by atoms with E-state index >= 15 is 0 Å². The molecule has 0 bridgehead atoms. The van der Waals surface area contributed by atoms with Crippen LogP contribution < -0.4 is 16.4 Å². The van der Waals surface area contributed by atoms with Crippen LogP contribution in [0.25, 0.3) is 0 Å². The Morgan fingerprint density at radius 2 is 1.81 bits per heavy atom. The minimum absolute atomic E-state index is 0.0492. The predicted molar refractivity (Wildman–Crippen MR) is 89.1 cm³/mol. The van der Waals surface area contributed by atoms with Crippen molar-refractivity contribution >= 4 is 33.7 Å². The van der Waals surface area contributed by atoms with Crippen molar-refractivity contribution in [2.45, 2.75) is 34.6 Å². The molecule has 1 aromatic heterocycles. The van der Waals surface area contributed by atoms with E-state index in [2.05, 4.69) is 18.7 Å². The molecule has 0 unspecified atom stereocenters. The van der Waals surface area contributed by atoms with Gasteiger partial charge in [0.15, 0.2) is 5.78 Å². The quantitative estimate of drug-likeness (QED) is 0.758. The van der Waals surface area contributed by atoms with E-state index in [0.717, 1.165) is 13.1 Å². The van der Waals surface area contributed by atoms with Gasteiger partial charge in [0, 0.05) is 19.0 Å². The van der Waals surface area contributed by atoms with Crippen LogP contribution in [-0.4, -0.2) is 24.8 Å². The number of amides is 1. The molecule has 1 amide bonds. The van der Waals surface area contributed by atoms with Crippen molar-refractivity contribution in [3.8, 4) is 0 Å². The van der Waals surface area contributed by atoms with E-state index in [0.29, 0.717) is 15.8 Å². The number of hydrogen-bond acceptors (Lipinski definition) is 5. The first-order chi connectivity index (χ1) is 9.70. The Kier molecular flexibility index (Phi) is 5.78. The van der Waals surface area contributed by atoms with Crippen LogP contribution in [0.5, 0.6) is 0 Å². The van der Waals surface area contributed by atoms with Crippen LogP contribution in [0.2, 0.25) is 0 Å². The number of ketones is 1. The highest BCUT2D eigenvalue weighted by molar-refractivity contribution is 7.19. The fourth-order valence-corrected chi connectivity index (χ4v) is 3.52. The second-order valence-electron chi connectivity index (χ2n) is 5.84. The average Bonchev–Trinajstić information content (AvgIpc) is 2.72. The normalized spacial score (nSPS) is 11.2. The SMILES string of the molecule is CCN(CC(C)C)c1sc(C(=O)C(C)C)c(N)c1C(N)=O. The number of anilines is 2. The fourth-order valence-electron chi connectivity index (χ4n) is 2.13. The van der Waals surface area contributed by atoms with Gasteiger partial charge in [0.1, 0.15) is 5.00 Å². The number of carbonyl (C=O) groups excluding carboxylic acids is 2. The van der Waals surface area contributed by atoms with E-state index in [4.69, 9.17) is 11.5 Å². The molecule has 0 aliphatic heterocycles. The van der Waals surface area contributed by atoms with Gasteiger partial charge in [-0.25, -0.2) is 0 Å². The van der Waals surface area contributed by atoms with Crippen LogP contribution in [0.1, 0.15) is 54.6 Å². The van der Waals surface area contributed by atoms with Crippen LogP contribution in [-0.2, 0) is 0 Å². The van der Waals surface area contributed by atoms with Crippen LogP contribution in [0.15, 0.2) is 0 Å². The lowest BCUT2D eigenvalue weighted by atomic mass is 10.1. The molecule has 0 spiro atoms. The molecule has 1 heterocycles. The first kappa shape index (κ1) is 17.5. The van der Waals surface area contributed by atoms with Crippen molar-refractivity contribution in [1.82, 2.24) is 0 Å². The third-order valence-electron chi connectivity index (χ3n) is 3.18. The van der Waals surface area contributed by atoms with Gasteiger partial charge in [-0.1, -0.05) is 27.7 Å². The molecule has 0 fully saturated rings. The molecular weight excluding hydrogens is 286 g/mol. The van der Waals surface area contributed by atoms with Crippen molar-refractivity contribution in [3.05, 3.63) is 10.4 Å². The predicted octanol–water partition coefficient (Wildman–Crippen LogP) is 2.75. The van der Waals surface area contributed by atoms with Crippen molar-refractivity contribution in [2.24, 2.45) is 17.6 Å². The Hall–Kier alpha value is -1.56. The van der Waals surface area contributed by atoms with Crippen LogP contribution in [0.3, 0.4) is 0 Å². The second-order valence-corrected chi connectivity index (χ2v) is 6.84. The largest absolute Gasteiger partial charge is 0.397 e. The molecule has 0 radical (unpaired) electrons. The number of rotatable bonds is 7. The fraction of sp³-hybridized carbons (Fsp3) is 0.600. The van der Waals surface area contributed by atoms with Crippen LogP contribution in [0.4, 0.5) is 10.7 Å². The summed E-state index contributed by atoms with van der Waals surface area (Å²) in [5.74, 6) is -0.367. The number of nitrogens with zero attached hydrogens (tertiary/aromatic N) is 1. The van der Waals surface area contributed by atoms with E-state index in [-0.39, 0.29) is 23.0 Å². The minimum atomic E-state index is -0.580. The summed E-state index contributed by atoms with van der Waals surface area (Å²) in [6, 6.07) is 0. The highest BCUT2D eigenvalue weighted by Gasteiger charge is 2.27. The van der Waals surface area contributed by atoms with Gasteiger partial charge in [-0.2, -0.15) is 0 Å². The monoisotopic (exact) mass is 311 g/mol. The molecule has 0 aliphatic rings. The van der Waals surface area contributed by atoms with E-state index in [9.17, 15) is 9.59 Å². The lowest BCUT2D eigenvalue weighted by Crippen LogP contribution is -2.28. The van der Waals surface area contributed by atoms with Crippen molar-refractivity contribution in [2.75, 3.05) is 23.7 Å². The average molecular weight is 311 g/mol. The molecule has 1 aromatic rings. The van der Waals surface area contributed by atoms with Gasteiger partial charge < -0.3 is 16.4 Å². The Labute approximate surface area is 130 Å². The van der Waals surface area contributed by atoms with E-state index in [1.807, 2.05) is 20.8 Å². The number of nitrogens with two attached hydrogens (primary N) is 2. The molecule has 118 valence electrons. The summed E-state index contributed by atoms with van der Waals surface area (Å²) in [6.07, 6.45) is 0. The zero-order valence-electron chi connectivity index (χ0n) is 13.4. The number of nitrogen functional groups attached to an aromatic ring is 1. The number of hydrogen-bond donors (Lipinski definition) is 2. The Morgan fingerprint density at radius 3 is 2.19 bits per heavy atom. The molecule has 0 aromatic carbocycles. The molecular formula is C15H25N3O2S. The smallest absolute Gasteiger partial charge is 0.253 e. The summed E-state index contributed by atoms with van der Waals surface area (Å²) in [7, 11) is 0. The number of thiophene rings is 1. The molecule has 0 saturated carbocycles. The lowest BCUT2D eigenvalue weighted by molar-refractivity contribution is 0.0944. The summed E-state index contributed by atoms with van der Waals surface area (Å²) in [6.45, 7) is 11.4. The van der Waals surface area contributed by atoms with Gasteiger partial charge in [-0.15, -0.1) is 11.3 Å². The first-order valence-corrected chi connectivity index (χ1v) is 8.03. The molecule has 6 heteroatoms. The highest BCUT2D eigenvalue weighted by Crippen LogP contribution is 2.39. The molecule has 5 nitrogen and oxygen atoms in total. The standard InChI is InChI=1S/C15H25N3O2S/c1-6-18(7-8(2)3)15-10(14(17)20)11(16)13(21-15)12(19)9(4)5/h8-9H,6-7,16H2,1-5H3,(H2,17,20). The topological polar surface area (TPSA) is 89.4 Å². The Bertz CT molecular complexity index is 535. The Balaban J connectivity index is 3.40. The molecule has 0 atom stereocenters. The minimum Gasteiger partial charge on any atom is -0.397 e. The van der Waals surface area contributed by atoms with E-state index in [1.165, 1.54) is 11.3 Å². The molecule has 4 N–H and O–H groups in total. The summed E-state index contributed by atoms with van der Waals surface area (Å²) >= 11 is 1.28. The Morgan fingerprint density at radius 1 is 1.24 bits per heavy atom. The highest BCUT2D eigenvalue weighted by atomic mass is 32.1. The summed E-state index contributed by atoms with van der Waals surface area (Å²) in [5.41, 5.74) is 12.0. The van der Waals surface area contributed by atoms with E-state index in [1.54, 1.807) is 0 Å². The van der Waals surface area contributed by atoms with Crippen LogP contribution in [0, 0.1) is 11.8 Å². The maximum atomic E-state index is 12.2. The summed E-state index contributed by atoms with van der Waals surface area (Å²) in [4.78, 5) is 26.5. The van der Waals surface area contributed by atoms with Gasteiger partial charge in [-0.05, 0) is 12.8 Å². The maximum Gasteiger partial charge on any atom is 0.253 e. The van der Waals surface area contributed by atoms with Gasteiger partial charge in [0.25, 0.3) is 5.91 Å². The first-order valence-electron chi connectivity index (χ1n) is 7.21. The number of primary amides is 1. The van der Waals surface area contributed by atoms with E-state index < -0.39 is 5.91 Å². The lowest BCUT2D eigenvalue weighted by Gasteiger charge is -2.24. The van der Waals surface area contributed by atoms with Crippen LogP contribution >= 0.6 is 11.3 Å². The summed E-state index contributed by atoms with van der Waals surface area (Å²) in [5, 5.41) is 0.709. The van der Waals surface area contributed by atoms with Gasteiger partial charge in [0.05, 0.1) is 16.1 Å². The van der Waals surface area contributed by atoms with Gasteiger partial charge >= 0.3 is 0 Å².